The maximum absolute atomic E-state index is 12.7. The zero-order valence-corrected chi connectivity index (χ0v) is 15.8. The highest BCUT2D eigenvalue weighted by Gasteiger charge is 2.19. The molecule has 0 aliphatic carbocycles. The fourth-order valence-corrected chi connectivity index (χ4v) is 3.13. The van der Waals surface area contributed by atoms with Crippen LogP contribution in [-0.4, -0.2) is 53.7 Å². The molecule has 2 aromatic rings. The SMILES string of the molecule is CCOc1cc(C(=O)N(C)CC(C)c2nccs2)ccc1OCC(=O)O. The predicted molar refractivity (Wildman–Crippen MR) is 98.2 cm³/mol. The average Bonchev–Trinajstić information content (AvgIpc) is 3.14. The second-order valence-electron chi connectivity index (χ2n) is 5.73. The van der Waals surface area contributed by atoms with Gasteiger partial charge in [0.2, 0.25) is 0 Å². The Labute approximate surface area is 156 Å². The van der Waals surface area contributed by atoms with Crippen molar-refractivity contribution in [2.75, 3.05) is 26.8 Å². The standard InChI is InChI=1S/C18H22N2O5S/c1-4-24-15-9-13(5-6-14(15)25-11-16(21)22)18(23)20(3)10-12(2)17-19-7-8-26-17/h5-9,12H,4,10-11H2,1-3H3,(H,21,22). The zero-order valence-electron chi connectivity index (χ0n) is 15.0. The third-order valence-electron chi connectivity index (χ3n) is 3.61. The fraction of sp³-hybridized carbons (Fsp3) is 0.389. The van der Waals surface area contributed by atoms with E-state index in [1.807, 2.05) is 12.3 Å². The van der Waals surface area contributed by atoms with Gasteiger partial charge in [-0.05, 0) is 25.1 Å². The van der Waals surface area contributed by atoms with E-state index in [0.717, 1.165) is 5.01 Å². The molecule has 1 N–H and O–H groups in total. The summed E-state index contributed by atoms with van der Waals surface area (Å²) in [6, 6.07) is 4.74. The normalized spacial score (nSPS) is 11.7. The van der Waals surface area contributed by atoms with Crippen molar-refractivity contribution < 1.29 is 24.2 Å². The monoisotopic (exact) mass is 378 g/mol. The van der Waals surface area contributed by atoms with Gasteiger partial charge in [-0.1, -0.05) is 6.92 Å². The quantitative estimate of drug-likeness (QED) is 0.722. The molecule has 0 fully saturated rings. The van der Waals surface area contributed by atoms with Crippen LogP contribution in [0.4, 0.5) is 0 Å². The highest BCUT2D eigenvalue weighted by Crippen LogP contribution is 2.29. The molecule has 1 aromatic carbocycles. The molecule has 0 saturated heterocycles. The number of nitrogens with zero attached hydrogens (tertiary/aromatic N) is 2. The summed E-state index contributed by atoms with van der Waals surface area (Å²) in [4.78, 5) is 29.3. The summed E-state index contributed by atoms with van der Waals surface area (Å²) < 4.78 is 10.7. The summed E-state index contributed by atoms with van der Waals surface area (Å²) in [5.41, 5.74) is 0.449. The van der Waals surface area contributed by atoms with Gasteiger partial charge in [0.05, 0.1) is 11.6 Å². The van der Waals surface area contributed by atoms with Gasteiger partial charge in [0.15, 0.2) is 18.1 Å². The number of carbonyl (C=O) groups excluding carboxylic acids is 1. The third kappa shape index (κ3) is 5.19. The Kier molecular flexibility index (Phi) is 6.97. The second-order valence-corrected chi connectivity index (χ2v) is 6.66. The smallest absolute Gasteiger partial charge is 0.341 e. The average molecular weight is 378 g/mol. The number of ether oxygens (including phenoxy) is 2. The lowest BCUT2D eigenvalue weighted by Gasteiger charge is -2.21. The Bertz CT molecular complexity index is 748. The van der Waals surface area contributed by atoms with Crippen molar-refractivity contribution in [1.82, 2.24) is 9.88 Å². The highest BCUT2D eigenvalue weighted by molar-refractivity contribution is 7.09. The van der Waals surface area contributed by atoms with Gasteiger partial charge < -0.3 is 19.5 Å². The Balaban J connectivity index is 2.11. The molecule has 8 heteroatoms. The van der Waals surface area contributed by atoms with Crippen molar-refractivity contribution in [2.45, 2.75) is 19.8 Å². The molecule has 1 atom stereocenters. The van der Waals surface area contributed by atoms with Gasteiger partial charge in [-0.3, -0.25) is 4.79 Å². The minimum atomic E-state index is -1.08. The Morgan fingerprint density at radius 2 is 2.08 bits per heavy atom. The van der Waals surface area contributed by atoms with E-state index < -0.39 is 12.6 Å². The van der Waals surface area contributed by atoms with E-state index in [9.17, 15) is 9.59 Å². The van der Waals surface area contributed by atoms with Crippen molar-refractivity contribution in [1.29, 1.82) is 0 Å². The number of aliphatic carboxylic acids is 1. The number of carboxylic acid groups (broad SMARTS) is 1. The van der Waals surface area contributed by atoms with Gasteiger partial charge in [-0.15, -0.1) is 11.3 Å². The number of thiazole rings is 1. The predicted octanol–water partition coefficient (Wildman–Crippen LogP) is 2.88. The molecule has 1 heterocycles. The van der Waals surface area contributed by atoms with Crippen molar-refractivity contribution in [2.24, 2.45) is 0 Å². The number of rotatable bonds is 9. The topological polar surface area (TPSA) is 89.0 Å². The number of hydrogen-bond acceptors (Lipinski definition) is 6. The molecule has 0 radical (unpaired) electrons. The molecular weight excluding hydrogens is 356 g/mol. The van der Waals surface area contributed by atoms with Crippen LogP contribution < -0.4 is 9.47 Å². The minimum Gasteiger partial charge on any atom is -0.490 e. The molecular formula is C18H22N2O5S. The van der Waals surface area contributed by atoms with Gasteiger partial charge in [-0.25, -0.2) is 9.78 Å². The van der Waals surface area contributed by atoms with E-state index in [4.69, 9.17) is 14.6 Å². The number of hydrogen-bond donors (Lipinski definition) is 1. The summed E-state index contributed by atoms with van der Waals surface area (Å²) in [6.45, 7) is 4.26. The number of amides is 1. The number of likely N-dealkylation sites (N-methyl/N-ethyl adjacent to an activating group) is 1. The van der Waals surface area contributed by atoms with Crippen LogP contribution in [0.5, 0.6) is 11.5 Å². The van der Waals surface area contributed by atoms with Gasteiger partial charge in [0.1, 0.15) is 0 Å². The first kappa shape index (κ1) is 19.7. The van der Waals surface area contributed by atoms with Crippen LogP contribution in [0.25, 0.3) is 0 Å². The van der Waals surface area contributed by atoms with Crippen molar-refractivity contribution >= 4 is 23.2 Å². The molecule has 2 rings (SSSR count). The minimum absolute atomic E-state index is 0.133. The van der Waals surface area contributed by atoms with Crippen molar-refractivity contribution in [3.05, 3.63) is 40.3 Å². The van der Waals surface area contributed by atoms with Gasteiger partial charge in [-0.2, -0.15) is 0 Å². The van der Waals surface area contributed by atoms with Crippen LogP contribution in [-0.2, 0) is 4.79 Å². The maximum atomic E-state index is 12.7. The van der Waals surface area contributed by atoms with Gasteiger partial charge >= 0.3 is 5.97 Å². The molecule has 1 aromatic heterocycles. The number of benzene rings is 1. The van der Waals surface area contributed by atoms with Crippen LogP contribution in [0.3, 0.4) is 0 Å². The Morgan fingerprint density at radius 3 is 2.69 bits per heavy atom. The first-order valence-electron chi connectivity index (χ1n) is 8.18. The van der Waals surface area contributed by atoms with Crippen molar-refractivity contribution in [3.8, 4) is 11.5 Å². The first-order chi connectivity index (χ1) is 12.4. The summed E-state index contributed by atoms with van der Waals surface area (Å²) in [5.74, 6) is -0.457. The Morgan fingerprint density at radius 1 is 1.31 bits per heavy atom. The number of aromatic nitrogens is 1. The molecule has 0 aliphatic rings. The molecule has 1 unspecified atom stereocenters. The Hall–Kier alpha value is -2.61. The van der Waals surface area contributed by atoms with E-state index in [-0.39, 0.29) is 11.8 Å². The summed E-state index contributed by atoms with van der Waals surface area (Å²) in [5, 5.41) is 11.6. The molecule has 0 aliphatic heterocycles. The lowest BCUT2D eigenvalue weighted by atomic mass is 10.1. The summed E-state index contributed by atoms with van der Waals surface area (Å²) >= 11 is 1.57. The van der Waals surface area contributed by atoms with E-state index in [1.54, 1.807) is 54.6 Å². The van der Waals surface area contributed by atoms with Crippen LogP contribution in [0.1, 0.15) is 35.1 Å². The van der Waals surface area contributed by atoms with E-state index in [2.05, 4.69) is 4.98 Å². The number of carbonyl (C=O) groups is 2. The van der Waals surface area contributed by atoms with Gasteiger partial charge in [0.25, 0.3) is 5.91 Å². The lowest BCUT2D eigenvalue weighted by molar-refractivity contribution is -0.139. The van der Waals surface area contributed by atoms with Crippen LogP contribution in [0, 0.1) is 0 Å². The number of carboxylic acids is 1. The lowest BCUT2D eigenvalue weighted by Crippen LogP contribution is -2.30. The summed E-state index contributed by atoms with van der Waals surface area (Å²) in [6.07, 6.45) is 1.75. The second kappa shape index (κ2) is 9.19. The van der Waals surface area contributed by atoms with Crippen LogP contribution in [0.2, 0.25) is 0 Å². The molecule has 7 nitrogen and oxygen atoms in total. The van der Waals surface area contributed by atoms with Crippen LogP contribution >= 0.6 is 11.3 Å². The molecule has 140 valence electrons. The van der Waals surface area contributed by atoms with Crippen molar-refractivity contribution in [3.63, 3.8) is 0 Å². The molecule has 1 amide bonds. The largest absolute Gasteiger partial charge is 0.490 e. The summed E-state index contributed by atoms with van der Waals surface area (Å²) in [7, 11) is 1.74. The molecule has 0 saturated carbocycles. The first-order valence-corrected chi connectivity index (χ1v) is 9.06. The van der Waals surface area contributed by atoms with Gasteiger partial charge in [0, 0.05) is 36.7 Å². The van der Waals surface area contributed by atoms with E-state index in [1.165, 1.54) is 0 Å². The zero-order chi connectivity index (χ0) is 19.1. The highest BCUT2D eigenvalue weighted by atomic mass is 32.1. The maximum Gasteiger partial charge on any atom is 0.341 e. The van der Waals surface area contributed by atoms with E-state index in [0.29, 0.717) is 30.2 Å². The molecule has 26 heavy (non-hydrogen) atoms. The van der Waals surface area contributed by atoms with Crippen LogP contribution in [0.15, 0.2) is 29.8 Å². The molecule has 0 spiro atoms. The molecule has 0 bridgehead atoms. The fourth-order valence-electron chi connectivity index (χ4n) is 2.44. The van der Waals surface area contributed by atoms with E-state index >= 15 is 0 Å². The third-order valence-corrected chi connectivity index (χ3v) is 4.62.